The largest absolute Gasteiger partial charge is 0.467 e. The van der Waals surface area contributed by atoms with E-state index in [1.165, 1.54) is 4.88 Å². The van der Waals surface area contributed by atoms with Crippen molar-refractivity contribution in [2.24, 2.45) is 0 Å². The van der Waals surface area contributed by atoms with E-state index < -0.39 is 0 Å². The number of thiophene rings is 1. The van der Waals surface area contributed by atoms with E-state index in [2.05, 4.69) is 25.9 Å². The predicted octanol–water partition coefficient (Wildman–Crippen LogP) is 2.27. The molecule has 0 radical (unpaired) electrons. The first kappa shape index (κ1) is 21.2. The molecule has 1 spiro atoms. The number of aromatic nitrogens is 4. The van der Waals surface area contributed by atoms with Gasteiger partial charge in [0.05, 0.1) is 18.7 Å². The molecule has 2 aliphatic rings. The van der Waals surface area contributed by atoms with Crippen molar-refractivity contribution in [3.8, 4) is 12.1 Å². The lowest BCUT2D eigenvalue weighted by atomic mass is 9.74. The molecule has 0 bridgehead atoms. The van der Waals surface area contributed by atoms with Crippen LogP contribution in [0.1, 0.15) is 41.0 Å². The summed E-state index contributed by atoms with van der Waals surface area (Å²) in [5, 5.41) is 10.3. The molecule has 1 atom stereocenters. The minimum atomic E-state index is -0.106. The Hall–Kier alpha value is -3.65. The second-order valence-corrected chi connectivity index (χ2v) is 9.71. The van der Waals surface area contributed by atoms with Crippen LogP contribution in [-0.2, 0) is 11.8 Å². The minimum Gasteiger partial charge on any atom is -0.467 e. The number of rotatable bonds is 5. The Balaban J connectivity index is 1.42. The molecule has 5 rings (SSSR count). The van der Waals surface area contributed by atoms with Gasteiger partial charge in [-0.2, -0.15) is 20.2 Å². The van der Waals surface area contributed by atoms with Crippen molar-refractivity contribution in [2.75, 3.05) is 48.5 Å². The molecule has 33 heavy (non-hydrogen) atoms. The van der Waals surface area contributed by atoms with Crippen molar-refractivity contribution < 1.29 is 4.74 Å². The second kappa shape index (κ2) is 7.74. The van der Waals surface area contributed by atoms with Gasteiger partial charge in [-0.25, -0.2) is 4.98 Å². The Kier molecular flexibility index (Phi) is 4.97. The molecule has 3 aromatic heterocycles. The number of hydrogen-bond donors (Lipinski definition) is 2. The number of methoxy groups -OCH3 is 1. The quantitative estimate of drug-likeness (QED) is 0.578. The van der Waals surface area contributed by atoms with Gasteiger partial charge >= 0.3 is 6.01 Å². The average Bonchev–Trinajstić information content (AvgIpc) is 3.32. The fourth-order valence-corrected chi connectivity index (χ4v) is 6.00. The minimum absolute atomic E-state index is 0.0715. The zero-order valence-electron chi connectivity index (χ0n) is 18.7. The van der Waals surface area contributed by atoms with Crippen LogP contribution >= 0.6 is 11.3 Å². The van der Waals surface area contributed by atoms with Crippen LogP contribution in [0.2, 0.25) is 0 Å². The molecule has 1 aliphatic carbocycles. The number of fused-ring (bicyclic) bond motifs is 2. The van der Waals surface area contributed by atoms with Gasteiger partial charge < -0.3 is 26.0 Å². The molecule has 0 amide bonds. The van der Waals surface area contributed by atoms with Crippen molar-refractivity contribution in [3.05, 3.63) is 39.9 Å². The van der Waals surface area contributed by atoms with Gasteiger partial charge in [0, 0.05) is 42.2 Å². The summed E-state index contributed by atoms with van der Waals surface area (Å²) in [4.78, 5) is 23.2. The van der Waals surface area contributed by atoms with Gasteiger partial charge in [0.2, 0.25) is 11.9 Å². The summed E-state index contributed by atoms with van der Waals surface area (Å²) in [7, 11) is 3.45. The highest BCUT2D eigenvalue weighted by Crippen LogP contribution is 2.52. The Bertz CT molecular complexity index is 1260. The lowest BCUT2D eigenvalue weighted by molar-refractivity contribution is 0.320. The van der Waals surface area contributed by atoms with E-state index >= 15 is 0 Å². The van der Waals surface area contributed by atoms with Gasteiger partial charge in [0.25, 0.3) is 0 Å². The Labute approximate surface area is 195 Å². The highest BCUT2D eigenvalue weighted by molar-refractivity contribution is 7.16. The van der Waals surface area contributed by atoms with Gasteiger partial charge in [-0.3, -0.25) is 0 Å². The smallest absolute Gasteiger partial charge is 0.322 e. The number of anilines is 4. The number of pyridine rings is 1. The van der Waals surface area contributed by atoms with E-state index in [1.807, 2.05) is 31.0 Å². The van der Waals surface area contributed by atoms with Crippen molar-refractivity contribution in [1.29, 1.82) is 5.26 Å². The molecule has 0 aromatic carbocycles. The summed E-state index contributed by atoms with van der Waals surface area (Å²) in [5.74, 6) is 1.51. The summed E-state index contributed by atoms with van der Waals surface area (Å²) in [6, 6.07) is 6.26. The molecule has 170 valence electrons. The van der Waals surface area contributed by atoms with Gasteiger partial charge in [0.15, 0.2) is 0 Å². The maximum absolute atomic E-state index is 9.63. The van der Waals surface area contributed by atoms with Crippen LogP contribution in [-0.4, -0.2) is 47.2 Å². The molecule has 11 heteroatoms. The molecule has 3 aromatic rings. The highest BCUT2D eigenvalue weighted by Gasteiger charge is 2.52. The van der Waals surface area contributed by atoms with Crippen molar-refractivity contribution >= 4 is 34.1 Å². The summed E-state index contributed by atoms with van der Waals surface area (Å²) < 4.78 is 5.38. The highest BCUT2D eigenvalue weighted by atomic mass is 32.1. The molecule has 4 heterocycles. The summed E-state index contributed by atoms with van der Waals surface area (Å²) >= 11 is 1.54. The molecule has 4 N–H and O–H groups in total. The van der Waals surface area contributed by atoms with E-state index in [0.29, 0.717) is 28.3 Å². The molecule has 0 saturated carbocycles. The van der Waals surface area contributed by atoms with Gasteiger partial charge in [-0.1, -0.05) is 6.07 Å². The monoisotopic (exact) mass is 463 g/mol. The van der Waals surface area contributed by atoms with Crippen LogP contribution in [0.25, 0.3) is 0 Å². The van der Waals surface area contributed by atoms with Gasteiger partial charge in [-0.05, 0) is 31.4 Å². The van der Waals surface area contributed by atoms with Gasteiger partial charge in [-0.15, -0.1) is 11.3 Å². The molecule has 1 aliphatic heterocycles. The summed E-state index contributed by atoms with van der Waals surface area (Å²) in [6.07, 6.45) is 3.63. The Morgan fingerprint density at radius 1 is 1.30 bits per heavy atom. The van der Waals surface area contributed by atoms with Crippen molar-refractivity contribution in [1.82, 2.24) is 19.9 Å². The molecule has 1 unspecified atom stereocenters. The third kappa shape index (κ3) is 3.29. The molecule has 1 fully saturated rings. The van der Waals surface area contributed by atoms with E-state index in [9.17, 15) is 5.26 Å². The van der Waals surface area contributed by atoms with E-state index in [4.69, 9.17) is 21.2 Å². The third-order valence-electron chi connectivity index (χ3n) is 6.74. The first-order chi connectivity index (χ1) is 15.9. The average molecular weight is 464 g/mol. The van der Waals surface area contributed by atoms with E-state index in [0.717, 1.165) is 37.1 Å². The molecule has 1 saturated heterocycles. The molecular weight excluding hydrogens is 438 g/mol. The molecular formula is C22H25N9OS. The standard InChI is InChI=1S/C22H25N9OS/c1-12(13-5-4-8-26-17(13)24)30(2)19-27-20(29-21(28-19)32-3)31-10-22(11-31)7-6-15-16(22)14(9-23)18(25)33-15/h4-5,8,12H,6-7,10-11,25H2,1-3H3,(H2,24,26). The first-order valence-electron chi connectivity index (χ1n) is 10.7. The SMILES string of the molecule is COc1nc(N2CC3(CCc4sc(N)c(C#N)c43)C2)nc(N(C)C(C)c2cccnc2N)n1. The number of nitriles is 1. The number of ether oxygens (including phenoxy) is 1. The lowest BCUT2D eigenvalue weighted by Gasteiger charge is -2.48. The van der Waals surface area contributed by atoms with Crippen LogP contribution in [0, 0.1) is 11.3 Å². The zero-order valence-corrected chi connectivity index (χ0v) is 19.6. The first-order valence-corrected chi connectivity index (χ1v) is 11.5. The van der Waals surface area contributed by atoms with Crippen LogP contribution in [0.4, 0.5) is 22.7 Å². The number of aryl methyl sites for hydroxylation is 1. The van der Waals surface area contributed by atoms with E-state index in [1.54, 1.807) is 24.6 Å². The third-order valence-corrected chi connectivity index (χ3v) is 7.82. The number of nitrogens with zero attached hydrogens (tertiary/aromatic N) is 7. The van der Waals surface area contributed by atoms with E-state index in [-0.39, 0.29) is 17.5 Å². The van der Waals surface area contributed by atoms with Crippen LogP contribution < -0.4 is 26.0 Å². The second-order valence-electron chi connectivity index (χ2n) is 8.57. The van der Waals surface area contributed by atoms with Crippen molar-refractivity contribution in [3.63, 3.8) is 0 Å². The van der Waals surface area contributed by atoms with Gasteiger partial charge in [0.1, 0.15) is 16.9 Å². The van der Waals surface area contributed by atoms with Crippen molar-refractivity contribution in [2.45, 2.75) is 31.2 Å². The predicted molar refractivity (Wildman–Crippen MR) is 128 cm³/mol. The maximum Gasteiger partial charge on any atom is 0.322 e. The fourth-order valence-electron chi connectivity index (χ4n) is 4.86. The summed E-state index contributed by atoms with van der Waals surface area (Å²) in [6.45, 7) is 3.48. The lowest BCUT2D eigenvalue weighted by Crippen LogP contribution is -2.59. The fraction of sp³-hybridized carbons (Fsp3) is 0.409. The van der Waals surface area contributed by atoms with Crippen LogP contribution in [0.5, 0.6) is 6.01 Å². The normalized spacial score (nSPS) is 16.7. The van der Waals surface area contributed by atoms with Crippen LogP contribution in [0.3, 0.4) is 0 Å². The topological polar surface area (TPSA) is 143 Å². The number of hydrogen-bond acceptors (Lipinski definition) is 11. The maximum atomic E-state index is 9.63. The Morgan fingerprint density at radius 2 is 2.09 bits per heavy atom. The Morgan fingerprint density at radius 3 is 2.79 bits per heavy atom. The van der Waals surface area contributed by atoms with Crippen LogP contribution in [0.15, 0.2) is 18.3 Å². The zero-order chi connectivity index (χ0) is 23.3. The summed E-state index contributed by atoms with van der Waals surface area (Å²) in [5.41, 5.74) is 14.8. The number of nitrogens with two attached hydrogens (primary N) is 2. The molecule has 10 nitrogen and oxygen atoms in total. The number of nitrogen functional groups attached to an aromatic ring is 2.